The average molecular weight is 270 g/mol. The Morgan fingerprint density at radius 2 is 1.20 bits per heavy atom. The molecule has 0 bridgehead atoms. The van der Waals surface area contributed by atoms with E-state index in [9.17, 15) is 0 Å². The van der Waals surface area contributed by atoms with E-state index in [0.717, 1.165) is 13.1 Å². The summed E-state index contributed by atoms with van der Waals surface area (Å²) >= 11 is 0. The van der Waals surface area contributed by atoms with E-state index in [1.807, 2.05) is 36.4 Å². The van der Waals surface area contributed by atoms with Crippen molar-refractivity contribution in [3.05, 3.63) is 60.7 Å². The summed E-state index contributed by atoms with van der Waals surface area (Å²) in [4.78, 5) is 0. The Morgan fingerprint density at radius 3 is 1.65 bits per heavy atom. The largest absolute Gasteiger partial charge is 0.385 e. The van der Waals surface area contributed by atoms with Crippen molar-refractivity contribution in [2.24, 2.45) is 0 Å². The van der Waals surface area contributed by atoms with Crippen LogP contribution in [0.3, 0.4) is 0 Å². The lowest BCUT2D eigenvalue weighted by atomic mass is 10.3. The van der Waals surface area contributed by atoms with E-state index >= 15 is 0 Å². The number of hydrogen-bond acceptors (Lipinski definition) is 2. The van der Waals surface area contributed by atoms with Gasteiger partial charge in [0, 0.05) is 24.5 Å². The van der Waals surface area contributed by atoms with Gasteiger partial charge in [0.25, 0.3) is 0 Å². The van der Waals surface area contributed by atoms with E-state index in [1.54, 1.807) is 0 Å². The molecule has 0 spiro atoms. The van der Waals surface area contributed by atoms with Gasteiger partial charge < -0.3 is 10.6 Å². The summed E-state index contributed by atoms with van der Waals surface area (Å²) in [5.74, 6) is 0. The number of unbranched alkanes of at least 4 members (excludes halogenated alkanes) is 1. The van der Waals surface area contributed by atoms with Gasteiger partial charge in [0.1, 0.15) is 0 Å². The van der Waals surface area contributed by atoms with E-state index in [1.165, 1.54) is 24.2 Å². The highest BCUT2D eigenvalue weighted by Crippen LogP contribution is 2.04. The summed E-state index contributed by atoms with van der Waals surface area (Å²) < 4.78 is 0. The van der Waals surface area contributed by atoms with Crippen molar-refractivity contribution in [3.8, 4) is 0 Å². The average Bonchev–Trinajstić information content (AvgIpc) is 2.51. The molecule has 108 valence electrons. The summed E-state index contributed by atoms with van der Waals surface area (Å²) in [6.45, 7) is 6.37. The van der Waals surface area contributed by atoms with E-state index in [2.05, 4.69) is 48.7 Å². The van der Waals surface area contributed by atoms with E-state index in [4.69, 9.17) is 0 Å². The van der Waals surface area contributed by atoms with Crippen molar-refractivity contribution < 1.29 is 0 Å². The van der Waals surface area contributed by atoms with Crippen molar-refractivity contribution >= 4 is 11.4 Å². The predicted octanol–water partition coefficient (Wildman–Crippen LogP) is 5.02. The molecule has 0 atom stereocenters. The highest BCUT2D eigenvalue weighted by atomic mass is 14.9. The van der Waals surface area contributed by atoms with Gasteiger partial charge in [0.2, 0.25) is 0 Å². The first-order valence-corrected chi connectivity index (χ1v) is 7.44. The van der Waals surface area contributed by atoms with Crippen molar-refractivity contribution in [1.29, 1.82) is 0 Å². The Labute approximate surface area is 123 Å². The Morgan fingerprint density at radius 1 is 0.700 bits per heavy atom. The third-order valence-electron chi connectivity index (χ3n) is 2.79. The van der Waals surface area contributed by atoms with Gasteiger partial charge >= 0.3 is 0 Å². The van der Waals surface area contributed by atoms with Crippen molar-refractivity contribution in [2.75, 3.05) is 23.7 Å². The van der Waals surface area contributed by atoms with E-state index < -0.39 is 0 Å². The van der Waals surface area contributed by atoms with Crippen LogP contribution < -0.4 is 10.6 Å². The summed E-state index contributed by atoms with van der Waals surface area (Å²) in [5, 5.41) is 6.55. The van der Waals surface area contributed by atoms with Crippen LogP contribution in [0.2, 0.25) is 0 Å². The number of para-hydroxylation sites is 2. The molecule has 0 unspecified atom stereocenters. The smallest absolute Gasteiger partial charge is 0.0340 e. The first-order valence-electron chi connectivity index (χ1n) is 7.44. The van der Waals surface area contributed by atoms with Crippen LogP contribution in [0, 0.1) is 0 Å². The van der Waals surface area contributed by atoms with Crippen molar-refractivity contribution in [3.63, 3.8) is 0 Å². The molecule has 0 amide bonds. The third kappa shape index (κ3) is 7.47. The summed E-state index contributed by atoms with van der Waals surface area (Å²) in [5.41, 5.74) is 2.42. The van der Waals surface area contributed by atoms with E-state index in [0.29, 0.717) is 0 Å². The summed E-state index contributed by atoms with van der Waals surface area (Å²) in [6, 6.07) is 20.5. The zero-order valence-electron chi connectivity index (χ0n) is 12.6. The Bertz CT molecular complexity index is 426. The molecule has 2 N–H and O–H groups in total. The van der Waals surface area contributed by atoms with Gasteiger partial charge in [0.15, 0.2) is 0 Å². The van der Waals surface area contributed by atoms with Gasteiger partial charge in [-0.3, -0.25) is 0 Å². The minimum Gasteiger partial charge on any atom is -0.385 e. The maximum atomic E-state index is 3.35. The number of hydrogen-bond donors (Lipinski definition) is 2. The molecule has 0 fully saturated rings. The van der Waals surface area contributed by atoms with Gasteiger partial charge in [-0.05, 0) is 37.6 Å². The maximum Gasteiger partial charge on any atom is 0.0340 e. The number of rotatable bonds is 6. The second-order valence-electron chi connectivity index (χ2n) is 4.54. The van der Waals surface area contributed by atoms with E-state index in [-0.39, 0.29) is 0 Å². The molecule has 2 aromatic carbocycles. The molecule has 2 heteroatoms. The normalized spacial score (nSPS) is 9.30. The molecule has 0 aliphatic heterocycles. The fourth-order valence-electron chi connectivity index (χ4n) is 1.73. The van der Waals surface area contributed by atoms with Crippen LogP contribution in [0.1, 0.15) is 26.7 Å². The Balaban J connectivity index is 0.000000204. The monoisotopic (exact) mass is 270 g/mol. The van der Waals surface area contributed by atoms with Gasteiger partial charge in [-0.25, -0.2) is 0 Å². The SMILES string of the molecule is CCCCNc1ccccc1.CCNc1ccccc1. The highest BCUT2D eigenvalue weighted by molar-refractivity contribution is 5.42. The molecule has 20 heavy (non-hydrogen) atoms. The molecule has 0 aromatic heterocycles. The first-order chi connectivity index (χ1) is 9.86. The zero-order chi connectivity index (χ0) is 14.5. The quantitative estimate of drug-likeness (QED) is 0.720. The standard InChI is InChI=1S/C10H15N.C8H11N/c1-2-3-9-11-10-7-5-4-6-8-10;1-2-9-8-6-4-3-5-7-8/h4-8,11H,2-3,9H2,1H3;3-7,9H,2H2,1H3. The molecule has 0 aliphatic carbocycles. The minimum absolute atomic E-state index is 0.990. The van der Waals surface area contributed by atoms with Gasteiger partial charge in [-0.2, -0.15) is 0 Å². The Kier molecular flexibility index (Phi) is 8.79. The maximum absolute atomic E-state index is 3.35. The minimum atomic E-state index is 0.990. The summed E-state index contributed by atoms with van der Waals surface area (Å²) in [6.07, 6.45) is 2.49. The van der Waals surface area contributed by atoms with Crippen LogP contribution in [0.25, 0.3) is 0 Å². The fraction of sp³-hybridized carbons (Fsp3) is 0.333. The number of anilines is 2. The molecule has 0 saturated heterocycles. The molecule has 0 aliphatic rings. The van der Waals surface area contributed by atoms with Crippen LogP contribution in [0.5, 0.6) is 0 Å². The molecule has 2 nitrogen and oxygen atoms in total. The highest BCUT2D eigenvalue weighted by Gasteiger charge is 1.86. The van der Waals surface area contributed by atoms with Gasteiger partial charge in [-0.15, -0.1) is 0 Å². The van der Waals surface area contributed by atoms with Crippen LogP contribution in [-0.2, 0) is 0 Å². The predicted molar refractivity (Wildman–Crippen MR) is 90.4 cm³/mol. The fourth-order valence-corrected chi connectivity index (χ4v) is 1.73. The van der Waals surface area contributed by atoms with Crippen molar-refractivity contribution in [2.45, 2.75) is 26.7 Å². The van der Waals surface area contributed by atoms with Crippen LogP contribution in [-0.4, -0.2) is 13.1 Å². The molecule has 0 radical (unpaired) electrons. The molecule has 2 rings (SSSR count). The first kappa shape index (κ1) is 16.1. The molecule has 0 saturated carbocycles. The molecule has 2 aromatic rings. The topological polar surface area (TPSA) is 24.1 Å². The van der Waals surface area contributed by atoms with Crippen LogP contribution >= 0.6 is 0 Å². The zero-order valence-corrected chi connectivity index (χ0v) is 12.6. The van der Waals surface area contributed by atoms with Gasteiger partial charge in [-0.1, -0.05) is 49.7 Å². The third-order valence-corrected chi connectivity index (χ3v) is 2.79. The molecular weight excluding hydrogens is 244 g/mol. The molecule has 0 heterocycles. The number of nitrogens with one attached hydrogen (secondary N) is 2. The van der Waals surface area contributed by atoms with Crippen LogP contribution in [0.15, 0.2) is 60.7 Å². The van der Waals surface area contributed by atoms with Crippen molar-refractivity contribution in [1.82, 2.24) is 0 Å². The van der Waals surface area contributed by atoms with Gasteiger partial charge in [0.05, 0.1) is 0 Å². The lowest BCUT2D eigenvalue weighted by molar-refractivity contribution is 0.834. The second-order valence-corrected chi connectivity index (χ2v) is 4.54. The number of benzene rings is 2. The lowest BCUT2D eigenvalue weighted by Gasteiger charge is -2.03. The van der Waals surface area contributed by atoms with Crippen LogP contribution in [0.4, 0.5) is 11.4 Å². The molecular formula is C18H26N2. The Hall–Kier alpha value is -1.96. The summed E-state index contributed by atoms with van der Waals surface area (Å²) in [7, 11) is 0. The lowest BCUT2D eigenvalue weighted by Crippen LogP contribution is -1.99. The second kappa shape index (κ2) is 10.9.